The number of carbonyl (C=O) groups excluding carboxylic acids is 1. The molecule has 0 N–H and O–H groups in total. The molecule has 0 bridgehead atoms. The van der Waals surface area contributed by atoms with Crippen molar-refractivity contribution in [1.82, 2.24) is 0 Å². The van der Waals surface area contributed by atoms with E-state index in [1.807, 2.05) is 24.3 Å². The van der Waals surface area contributed by atoms with E-state index in [1.54, 1.807) is 0 Å². The van der Waals surface area contributed by atoms with E-state index in [2.05, 4.69) is 13.8 Å². The quantitative estimate of drug-likeness (QED) is 0.662. The van der Waals surface area contributed by atoms with Crippen molar-refractivity contribution in [3.63, 3.8) is 0 Å². The molecule has 0 aliphatic carbocycles. The first kappa shape index (κ1) is 9.78. The molecule has 70 valence electrons. The zero-order valence-electron chi connectivity index (χ0n) is 7.99. The lowest BCUT2D eigenvalue weighted by Crippen LogP contribution is -1.92. The maximum atomic E-state index is 10.0. The first-order chi connectivity index (χ1) is 6.27. The molecule has 0 fully saturated rings. The lowest BCUT2D eigenvalue weighted by Gasteiger charge is -2.08. The highest BCUT2D eigenvalue weighted by Gasteiger charge is 2.01. The monoisotopic (exact) mass is 178 g/mol. The number of carbonyl (C=O) groups is 1. The van der Waals surface area contributed by atoms with Crippen LogP contribution in [0.3, 0.4) is 0 Å². The summed E-state index contributed by atoms with van der Waals surface area (Å²) in [4.78, 5) is 10.0. The molecule has 1 atom stereocenters. The molecule has 0 saturated carbocycles. The van der Waals surface area contributed by atoms with Crippen LogP contribution >= 0.6 is 0 Å². The van der Waals surface area contributed by atoms with Crippen LogP contribution in [0.15, 0.2) is 24.3 Å². The molecule has 0 amide bonds. The third-order valence-electron chi connectivity index (χ3n) is 2.25. The van der Waals surface area contributed by atoms with Crippen LogP contribution in [0.2, 0.25) is 0 Å². The van der Waals surface area contributed by atoms with Crippen molar-refractivity contribution in [2.75, 3.05) is 0 Å². The van der Waals surface area contributed by atoms with Crippen LogP contribution in [0, 0.1) is 0 Å². The standard InChI is InChI=1S/C11H14O2/c1-3-9(2)10-4-6-11(7-5-10)13-8-12/h4-9H,3H2,1-2H3. The second-order valence-corrected chi connectivity index (χ2v) is 3.09. The van der Waals surface area contributed by atoms with E-state index in [0.29, 0.717) is 18.1 Å². The molecular weight excluding hydrogens is 164 g/mol. The van der Waals surface area contributed by atoms with Crippen LogP contribution in [0.1, 0.15) is 31.7 Å². The average Bonchev–Trinajstić information content (AvgIpc) is 2.18. The SMILES string of the molecule is CCC(C)c1ccc(OC=O)cc1. The summed E-state index contributed by atoms with van der Waals surface area (Å²) in [5.74, 6) is 1.16. The van der Waals surface area contributed by atoms with Crippen molar-refractivity contribution in [3.8, 4) is 5.75 Å². The van der Waals surface area contributed by atoms with Gasteiger partial charge in [0.25, 0.3) is 6.47 Å². The van der Waals surface area contributed by atoms with Crippen molar-refractivity contribution < 1.29 is 9.53 Å². The molecule has 13 heavy (non-hydrogen) atoms. The third-order valence-corrected chi connectivity index (χ3v) is 2.25. The van der Waals surface area contributed by atoms with Crippen LogP contribution in [-0.2, 0) is 4.79 Å². The predicted octanol–water partition coefficient (Wildman–Crippen LogP) is 2.74. The minimum atomic E-state index is 0.443. The summed E-state index contributed by atoms with van der Waals surface area (Å²) in [7, 11) is 0. The molecule has 2 nitrogen and oxygen atoms in total. The summed E-state index contributed by atoms with van der Waals surface area (Å²) in [6.45, 7) is 4.77. The number of hydrogen-bond acceptors (Lipinski definition) is 2. The molecule has 0 aromatic heterocycles. The van der Waals surface area contributed by atoms with Gasteiger partial charge < -0.3 is 4.74 Å². The highest BCUT2D eigenvalue weighted by molar-refractivity contribution is 5.45. The Kier molecular flexibility index (Phi) is 3.50. The maximum Gasteiger partial charge on any atom is 0.298 e. The van der Waals surface area contributed by atoms with Crippen molar-refractivity contribution in [2.24, 2.45) is 0 Å². The van der Waals surface area contributed by atoms with E-state index >= 15 is 0 Å². The molecule has 0 aliphatic rings. The minimum Gasteiger partial charge on any atom is -0.429 e. The van der Waals surface area contributed by atoms with Crippen molar-refractivity contribution in [1.29, 1.82) is 0 Å². The topological polar surface area (TPSA) is 26.3 Å². The molecule has 1 aromatic rings. The molecule has 1 aromatic carbocycles. The van der Waals surface area contributed by atoms with Crippen LogP contribution in [0.5, 0.6) is 5.75 Å². The first-order valence-electron chi connectivity index (χ1n) is 4.48. The Morgan fingerprint density at radius 3 is 2.46 bits per heavy atom. The maximum absolute atomic E-state index is 10.0. The third kappa shape index (κ3) is 2.58. The van der Waals surface area contributed by atoms with Gasteiger partial charge in [-0.2, -0.15) is 0 Å². The van der Waals surface area contributed by atoms with Gasteiger partial charge in [0.05, 0.1) is 0 Å². The summed E-state index contributed by atoms with van der Waals surface area (Å²) >= 11 is 0. The van der Waals surface area contributed by atoms with E-state index in [0.717, 1.165) is 6.42 Å². The summed E-state index contributed by atoms with van der Waals surface area (Å²) in [5, 5.41) is 0. The second kappa shape index (κ2) is 4.65. The number of benzene rings is 1. The first-order valence-corrected chi connectivity index (χ1v) is 4.48. The van der Waals surface area contributed by atoms with E-state index in [-0.39, 0.29) is 0 Å². The van der Waals surface area contributed by atoms with Gasteiger partial charge in [-0.25, -0.2) is 0 Å². The average molecular weight is 178 g/mol. The van der Waals surface area contributed by atoms with Crippen molar-refractivity contribution in [2.45, 2.75) is 26.2 Å². The Hall–Kier alpha value is -1.31. The molecule has 0 saturated heterocycles. The van der Waals surface area contributed by atoms with Gasteiger partial charge in [0, 0.05) is 0 Å². The van der Waals surface area contributed by atoms with E-state index in [9.17, 15) is 4.79 Å². The van der Waals surface area contributed by atoms with Gasteiger partial charge in [-0.05, 0) is 30.0 Å². The molecule has 2 heteroatoms. The zero-order chi connectivity index (χ0) is 9.68. The Balaban J connectivity index is 2.74. The number of ether oxygens (including phenoxy) is 1. The van der Waals surface area contributed by atoms with Gasteiger partial charge in [-0.3, -0.25) is 4.79 Å². The smallest absolute Gasteiger partial charge is 0.298 e. The number of hydrogen-bond donors (Lipinski definition) is 0. The molecule has 0 aliphatic heterocycles. The molecular formula is C11H14O2. The van der Waals surface area contributed by atoms with E-state index < -0.39 is 0 Å². The minimum absolute atomic E-state index is 0.443. The second-order valence-electron chi connectivity index (χ2n) is 3.09. The highest BCUT2D eigenvalue weighted by atomic mass is 16.5. The van der Waals surface area contributed by atoms with E-state index in [1.165, 1.54) is 5.56 Å². The van der Waals surface area contributed by atoms with Crippen LogP contribution in [-0.4, -0.2) is 6.47 Å². The lowest BCUT2D eigenvalue weighted by molar-refractivity contribution is -0.120. The van der Waals surface area contributed by atoms with Crippen molar-refractivity contribution >= 4 is 6.47 Å². The van der Waals surface area contributed by atoms with E-state index in [4.69, 9.17) is 4.74 Å². The fraction of sp³-hybridized carbons (Fsp3) is 0.364. The normalized spacial score (nSPS) is 12.2. The summed E-state index contributed by atoms with van der Waals surface area (Å²) in [6, 6.07) is 7.62. The summed E-state index contributed by atoms with van der Waals surface area (Å²) in [6.07, 6.45) is 1.12. The molecule has 1 rings (SSSR count). The van der Waals surface area contributed by atoms with Gasteiger partial charge in [0.2, 0.25) is 0 Å². The molecule has 0 radical (unpaired) electrons. The summed E-state index contributed by atoms with van der Waals surface area (Å²) < 4.78 is 4.69. The summed E-state index contributed by atoms with van der Waals surface area (Å²) in [5.41, 5.74) is 1.28. The van der Waals surface area contributed by atoms with Gasteiger partial charge in [0.15, 0.2) is 0 Å². The van der Waals surface area contributed by atoms with Crippen LogP contribution in [0.4, 0.5) is 0 Å². The van der Waals surface area contributed by atoms with Gasteiger partial charge in [0.1, 0.15) is 5.75 Å². The fourth-order valence-corrected chi connectivity index (χ4v) is 1.17. The molecule has 1 unspecified atom stereocenters. The van der Waals surface area contributed by atoms with Gasteiger partial charge >= 0.3 is 0 Å². The molecule has 0 spiro atoms. The predicted molar refractivity (Wildman–Crippen MR) is 51.8 cm³/mol. The van der Waals surface area contributed by atoms with Gasteiger partial charge in [-0.15, -0.1) is 0 Å². The fourth-order valence-electron chi connectivity index (χ4n) is 1.17. The lowest BCUT2D eigenvalue weighted by atomic mass is 9.99. The van der Waals surface area contributed by atoms with Crippen LogP contribution < -0.4 is 4.74 Å². The largest absolute Gasteiger partial charge is 0.429 e. The highest BCUT2D eigenvalue weighted by Crippen LogP contribution is 2.20. The number of rotatable bonds is 4. The Morgan fingerprint density at radius 2 is 2.00 bits per heavy atom. The van der Waals surface area contributed by atoms with Crippen LogP contribution in [0.25, 0.3) is 0 Å². The zero-order valence-corrected chi connectivity index (χ0v) is 7.99. The van der Waals surface area contributed by atoms with Gasteiger partial charge in [-0.1, -0.05) is 26.0 Å². The van der Waals surface area contributed by atoms with Crippen molar-refractivity contribution in [3.05, 3.63) is 29.8 Å². The Labute approximate surface area is 78.5 Å². The Morgan fingerprint density at radius 1 is 1.38 bits per heavy atom. The Bertz CT molecular complexity index is 264. The molecule has 0 heterocycles.